The second kappa shape index (κ2) is 4.52. The van der Waals surface area contributed by atoms with Crippen LogP contribution in [0.15, 0.2) is 6.20 Å². The molecule has 0 bridgehead atoms. The molecule has 0 saturated heterocycles. The molecule has 0 fully saturated rings. The van der Waals surface area contributed by atoms with E-state index in [2.05, 4.69) is 9.72 Å². The third-order valence-electron chi connectivity index (χ3n) is 1.62. The Labute approximate surface area is 90.6 Å². The number of halogens is 5. The van der Waals surface area contributed by atoms with Crippen LogP contribution < -0.4 is 4.74 Å². The Morgan fingerprint density at radius 1 is 1.47 bits per heavy atom. The normalized spacial score (nSPS) is 11.4. The number of carboxylic acid groups (broad SMARTS) is 1. The lowest BCUT2D eigenvalue weighted by atomic mass is 10.2. The molecule has 0 aliphatic carbocycles. The summed E-state index contributed by atoms with van der Waals surface area (Å²) in [7, 11) is 0. The van der Waals surface area contributed by atoms with Gasteiger partial charge in [0.2, 0.25) is 0 Å². The molecule has 1 heterocycles. The Bertz CT molecular complexity index is 446. The molecule has 0 radical (unpaired) electrons. The minimum absolute atomic E-state index is 0.390. The van der Waals surface area contributed by atoms with Crippen LogP contribution >= 0.6 is 0 Å². The first kappa shape index (κ1) is 13.1. The van der Waals surface area contributed by atoms with Crippen LogP contribution in [0.1, 0.15) is 16.1 Å². The zero-order valence-electron chi connectivity index (χ0n) is 7.89. The van der Waals surface area contributed by atoms with Crippen molar-refractivity contribution >= 4 is 5.97 Å². The molecule has 94 valence electrons. The van der Waals surface area contributed by atoms with Crippen molar-refractivity contribution in [2.45, 2.75) is 13.0 Å². The lowest BCUT2D eigenvalue weighted by Gasteiger charge is -2.12. The molecule has 0 unspecified atom stereocenters. The molecule has 0 amide bonds. The van der Waals surface area contributed by atoms with Crippen LogP contribution in [-0.2, 0) is 6.67 Å². The first-order valence-electron chi connectivity index (χ1n) is 3.98. The van der Waals surface area contributed by atoms with Gasteiger partial charge < -0.3 is 9.84 Å². The van der Waals surface area contributed by atoms with Crippen molar-refractivity contribution in [2.24, 2.45) is 0 Å². The molecule has 0 aliphatic rings. The summed E-state index contributed by atoms with van der Waals surface area (Å²) >= 11 is 0. The Morgan fingerprint density at radius 2 is 2.06 bits per heavy atom. The number of nitrogens with zero attached hydrogens (tertiary/aromatic N) is 1. The quantitative estimate of drug-likeness (QED) is 0.844. The minimum Gasteiger partial charge on any atom is -0.477 e. The molecule has 17 heavy (non-hydrogen) atoms. The van der Waals surface area contributed by atoms with Crippen LogP contribution in [0.2, 0.25) is 0 Å². The number of ether oxygens (including phenoxy) is 1. The van der Waals surface area contributed by atoms with Crippen LogP contribution in [0.4, 0.5) is 22.0 Å². The van der Waals surface area contributed by atoms with E-state index in [4.69, 9.17) is 5.11 Å². The molecule has 1 aromatic rings. The van der Waals surface area contributed by atoms with Gasteiger partial charge in [-0.1, -0.05) is 0 Å². The van der Waals surface area contributed by atoms with Crippen molar-refractivity contribution in [1.82, 2.24) is 4.98 Å². The van der Waals surface area contributed by atoms with Crippen molar-refractivity contribution in [1.29, 1.82) is 0 Å². The van der Waals surface area contributed by atoms with Gasteiger partial charge in [0, 0.05) is 6.20 Å². The lowest BCUT2D eigenvalue weighted by molar-refractivity contribution is -0.275. The maximum Gasteiger partial charge on any atom is 0.573 e. The number of pyridine rings is 1. The fourth-order valence-electron chi connectivity index (χ4n) is 0.968. The number of aromatic carboxylic acids is 1. The van der Waals surface area contributed by atoms with Gasteiger partial charge in [-0.15, -0.1) is 13.2 Å². The monoisotopic (exact) mass is 257 g/mol. The highest BCUT2D eigenvalue weighted by Gasteiger charge is 2.35. The van der Waals surface area contributed by atoms with E-state index in [1.54, 1.807) is 0 Å². The van der Waals surface area contributed by atoms with Crippen molar-refractivity contribution in [2.75, 3.05) is 0 Å². The molecule has 0 aromatic carbocycles. The van der Waals surface area contributed by atoms with Crippen molar-refractivity contribution < 1.29 is 36.6 Å². The average molecular weight is 257 g/mol. The van der Waals surface area contributed by atoms with Crippen LogP contribution in [0, 0.1) is 5.82 Å². The molecule has 9 heteroatoms. The van der Waals surface area contributed by atoms with E-state index in [1.165, 1.54) is 0 Å². The first-order chi connectivity index (χ1) is 7.76. The topological polar surface area (TPSA) is 59.4 Å². The van der Waals surface area contributed by atoms with Gasteiger partial charge >= 0.3 is 12.3 Å². The fourth-order valence-corrected chi connectivity index (χ4v) is 0.968. The molecular weight excluding hydrogens is 253 g/mol. The van der Waals surface area contributed by atoms with Gasteiger partial charge in [-0.05, 0) is 0 Å². The number of hydrogen-bond acceptors (Lipinski definition) is 3. The summed E-state index contributed by atoms with van der Waals surface area (Å²) in [5.74, 6) is -5.27. The smallest absolute Gasteiger partial charge is 0.477 e. The number of hydrogen-bond donors (Lipinski definition) is 1. The largest absolute Gasteiger partial charge is 0.573 e. The predicted octanol–water partition coefficient (Wildman–Crippen LogP) is 2.29. The van der Waals surface area contributed by atoms with Crippen molar-refractivity contribution in [3.8, 4) is 5.75 Å². The molecule has 1 aromatic heterocycles. The van der Waals surface area contributed by atoms with Gasteiger partial charge in [0.25, 0.3) is 0 Å². The molecule has 0 aliphatic heterocycles. The summed E-state index contributed by atoms with van der Waals surface area (Å²) in [6.07, 6.45) is -4.90. The summed E-state index contributed by atoms with van der Waals surface area (Å²) in [5.41, 5.74) is -2.11. The zero-order valence-corrected chi connectivity index (χ0v) is 7.89. The van der Waals surface area contributed by atoms with Crippen LogP contribution in [0.3, 0.4) is 0 Å². The fraction of sp³-hybridized carbons (Fsp3) is 0.250. The van der Waals surface area contributed by atoms with E-state index in [0.29, 0.717) is 6.20 Å². The zero-order chi connectivity index (χ0) is 13.2. The van der Waals surface area contributed by atoms with Gasteiger partial charge in [-0.2, -0.15) is 0 Å². The van der Waals surface area contributed by atoms with E-state index in [0.717, 1.165) is 0 Å². The van der Waals surface area contributed by atoms with E-state index in [-0.39, 0.29) is 0 Å². The van der Waals surface area contributed by atoms with Crippen LogP contribution in [-0.4, -0.2) is 22.4 Å². The second-order valence-corrected chi connectivity index (χ2v) is 2.75. The highest BCUT2D eigenvalue weighted by Crippen LogP contribution is 2.30. The molecule has 1 N–H and O–H groups in total. The molecule has 0 atom stereocenters. The summed E-state index contributed by atoms with van der Waals surface area (Å²) in [6, 6.07) is 0. The molecular formula is C8H4F5NO3. The Kier molecular flexibility index (Phi) is 3.49. The number of rotatable bonds is 3. The molecule has 0 saturated carbocycles. The van der Waals surface area contributed by atoms with Crippen LogP contribution in [0.25, 0.3) is 0 Å². The van der Waals surface area contributed by atoms with Gasteiger partial charge in [-0.25, -0.2) is 13.6 Å². The van der Waals surface area contributed by atoms with Gasteiger partial charge in [-0.3, -0.25) is 4.98 Å². The lowest BCUT2D eigenvalue weighted by Crippen LogP contribution is -2.21. The van der Waals surface area contributed by atoms with Crippen molar-refractivity contribution in [3.63, 3.8) is 0 Å². The average Bonchev–Trinajstić information content (AvgIpc) is 2.18. The third-order valence-corrected chi connectivity index (χ3v) is 1.62. The summed E-state index contributed by atoms with van der Waals surface area (Å²) in [4.78, 5) is 13.5. The number of aromatic nitrogens is 1. The second-order valence-electron chi connectivity index (χ2n) is 2.75. The molecule has 0 spiro atoms. The standard InChI is InChI=1S/C8H4F5NO3/c9-1-4-5(10)6(17-8(11,12)13)3(2-14-4)7(15)16/h2H,1H2,(H,15,16). The first-order valence-corrected chi connectivity index (χ1v) is 3.98. The minimum atomic E-state index is -5.29. The van der Waals surface area contributed by atoms with E-state index < -0.39 is 41.8 Å². The Balaban J connectivity index is 3.35. The van der Waals surface area contributed by atoms with Crippen molar-refractivity contribution in [3.05, 3.63) is 23.3 Å². The molecule has 4 nitrogen and oxygen atoms in total. The maximum absolute atomic E-state index is 13.2. The van der Waals surface area contributed by atoms with Gasteiger partial charge in [0.1, 0.15) is 17.9 Å². The SMILES string of the molecule is O=C(O)c1cnc(CF)c(F)c1OC(F)(F)F. The third kappa shape index (κ3) is 3.02. The Morgan fingerprint density at radius 3 is 2.47 bits per heavy atom. The Hall–Kier alpha value is -1.93. The summed E-state index contributed by atoms with van der Waals surface area (Å²) in [6.45, 7) is -1.49. The summed E-state index contributed by atoms with van der Waals surface area (Å²) in [5, 5.41) is 8.50. The van der Waals surface area contributed by atoms with Crippen LogP contribution in [0.5, 0.6) is 5.75 Å². The highest BCUT2D eigenvalue weighted by atomic mass is 19.4. The summed E-state index contributed by atoms with van der Waals surface area (Å²) < 4.78 is 64.3. The maximum atomic E-state index is 13.2. The van der Waals surface area contributed by atoms with E-state index in [1.807, 2.05) is 0 Å². The van der Waals surface area contributed by atoms with Gasteiger partial charge in [0.15, 0.2) is 11.6 Å². The van der Waals surface area contributed by atoms with Gasteiger partial charge in [0.05, 0.1) is 0 Å². The number of carboxylic acids is 1. The number of carbonyl (C=O) groups is 1. The molecule has 1 rings (SSSR count). The van der Waals surface area contributed by atoms with E-state index >= 15 is 0 Å². The highest BCUT2D eigenvalue weighted by molar-refractivity contribution is 5.90. The predicted molar refractivity (Wildman–Crippen MR) is 42.6 cm³/mol. The van der Waals surface area contributed by atoms with E-state index in [9.17, 15) is 26.7 Å². The number of alkyl halides is 4.